The zero-order valence-corrected chi connectivity index (χ0v) is 23.0. The summed E-state index contributed by atoms with van der Waals surface area (Å²) >= 11 is 0. The van der Waals surface area contributed by atoms with Gasteiger partial charge in [0.1, 0.15) is 11.3 Å². The summed E-state index contributed by atoms with van der Waals surface area (Å²) < 4.78 is 16.9. The minimum absolute atomic E-state index is 0.763. The molecule has 0 unspecified atom stereocenters. The lowest BCUT2D eigenvalue weighted by molar-refractivity contribution is 0.414. The SMILES string of the molecule is COc1ccc(Cn2c3ccccc3c3c2ccc2c4ccc5c6ccccc6oc5c4n(-c4ccccc4)c23)cc1. The molecule has 0 saturated heterocycles. The second-order valence-corrected chi connectivity index (χ2v) is 10.9. The first-order valence-electron chi connectivity index (χ1n) is 14.3. The molecule has 3 aromatic heterocycles. The largest absolute Gasteiger partial charge is 0.497 e. The van der Waals surface area contributed by atoms with Crippen LogP contribution >= 0.6 is 0 Å². The van der Waals surface area contributed by atoms with E-state index in [9.17, 15) is 0 Å². The first-order valence-corrected chi connectivity index (χ1v) is 14.3. The van der Waals surface area contributed by atoms with Gasteiger partial charge in [-0.3, -0.25) is 0 Å². The maximum atomic E-state index is 6.62. The molecule has 0 bridgehead atoms. The van der Waals surface area contributed by atoms with E-state index in [1.54, 1.807) is 7.11 Å². The average molecular weight is 543 g/mol. The lowest BCUT2D eigenvalue weighted by Gasteiger charge is -2.10. The van der Waals surface area contributed by atoms with E-state index in [1.165, 1.54) is 43.7 Å². The predicted molar refractivity (Wildman–Crippen MR) is 173 cm³/mol. The van der Waals surface area contributed by atoms with Gasteiger partial charge in [0, 0.05) is 50.1 Å². The second-order valence-electron chi connectivity index (χ2n) is 10.9. The first kappa shape index (κ1) is 23.2. The minimum Gasteiger partial charge on any atom is -0.497 e. The Hall–Kier alpha value is -5.48. The van der Waals surface area contributed by atoms with E-state index >= 15 is 0 Å². The van der Waals surface area contributed by atoms with Crippen LogP contribution in [0.25, 0.3) is 71.2 Å². The Bertz CT molecular complexity index is 2460. The number of para-hydroxylation sites is 3. The van der Waals surface area contributed by atoms with Crippen molar-refractivity contribution >= 4 is 65.6 Å². The third-order valence-electron chi connectivity index (χ3n) is 8.68. The maximum absolute atomic E-state index is 6.62. The minimum atomic E-state index is 0.763. The van der Waals surface area contributed by atoms with Crippen molar-refractivity contribution in [1.29, 1.82) is 0 Å². The molecule has 4 nitrogen and oxygen atoms in total. The monoisotopic (exact) mass is 542 g/mol. The van der Waals surface area contributed by atoms with E-state index in [1.807, 2.05) is 18.2 Å². The van der Waals surface area contributed by atoms with Gasteiger partial charge in [-0.1, -0.05) is 78.9 Å². The number of benzene rings is 6. The van der Waals surface area contributed by atoms with Gasteiger partial charge in [0.2, 0.25) is 0 Å². The molecule has 0 N–H and O–H groups in total. The van der Waals surface area contributed by atoms with Crippen LogP contribution in [0.4, 0.5) is 0 Å². The molecule has 0 amide bonds. The van der Waals surface area contributed by atoms with Crippen LogP contribution in [0.2, 0.25) is 0 Å². The quantitative estimate of drug-likeness (QED) is 0.222. The van der Waals surface area contributed by atoms with Gasteiger partial charge in [0.15, 0.2) is 5.58 Å². The zero-order valence-electron chi connectivity index (χ0n) is 23.0. The molecule has 0 aliphatic carbocycles. The normalized spacial score (nSPS) is 12.0. The zero-order chi connectivity index (χ0) is 27.8. The molecule has 0 radical (unpaired) electrons. The standard InChI is InChI=1S/C38H26N2O2/c1-41-26-17-15-24(16-18-26)23-39-32-13-7-5-12-31(32)35-33(39)22-21-28-29-19-20-30-27-11-6-8-14-34(27)42-38(30)37(29)40(36(28)35)25-9-3-2-4-10-25/h2-22H,23H2,1H3. The van der Waals surface area contributed by atoms with E-state index in [2.05, 4.69) is 118 Å². The summed E-state index contributed by atoms with van der Waals surface area (Å²) in [6.07, 6.45) is 0. The third kappa shape index (κ3) is 3.18. The van der Waals surface area contributed by atoms with Crippen LogP contribution < -0.4 is 4.74 Å². The van der Waals surface area contributed by atoms with Crippen molar-refractivity contribution in [3.8, 4) is 11.4 Å². The van der Waals surface area contributed by atoms with Crippen molar-refractivity contribution in [2.24, 2.45) is 0 Å². The molecule has 0 aliphatic rings. The van der Waals surface area contributed by atoms with Crippen LogP contribution in [0, 0.1) is 0 Å². The first-order chi connectivity index (χ1) is 20.8. The summed E-state index contributed by atoms with van der Waals surface area (Å²) in [5.74, 6) is 0.868. The summed E-state index contributed by atoms with van der Waals surface area (Å²) in [6, 6.07) is 45.2. The Labute approximate surface area is 241 Å². The maximum Gasteiger partial charge on any atom is 0.160 e. The smallest absolute Gasteiger partial charge is 0.160 e. The molecule has 0 saturated carbocycles. The Morgan fingerprint density at radius 1 is 0.571 bits per heavy atom. The lowest BCUT2D eigenvalue weighted by atomic mass is 10.1. The molecule has 3 heterocycles. The molecular weight excluding hydrogens is 516 g/mol. The molecule has 4 heteroatoms. The van der Waals surface area contributed by atoms with Crippen LogP contribution in [-0.4, -0.2) is 16.2 Å². The van der Waals surface area contributed by atoms with Gasteiger partial charge in [-0.15, -0.1) is 0 Å². The van der Waals surface area contributed by atoms with Crippen molar-refractivity contribution in [1.82, 2.24) is 9.13 Å². The fraction of sp³-hybridized carbons (Fsp3) is 0.0526. The van der Waals surface area contributed by atoms with Gasteiger partial charge in [-0.05, 0) is 54.1 Å². The van der Waals surface area contributed by atoms with Crippen LogP contribution in [0.5, 0.6) is 5.75 Å². The number of nitrogens with zero attached hydrogens (tertiary/aromatic N) is 2. The number of methoxy groups -OCH3 is 1. The van der Waals surface area contributed by atoms with Gasteiger partial charge in [-0.2, -0.15) is 0 Å². The summed E-state index contributed by atoms with van der Waals surface area (Å²) in [6.45, 7) is 0.763. The summed E-state index contributed by atoms with van der Waals surface area (Å²) in [7, 11) is 1.71. The molecule has 0 fully saturated rings. The van der Waals surface area contributed by atoms with E-state index in [4.69, 9.17) is 9.15 Å². The number of fused-ring (bicyclic) bond motifs is 11. The Kier molecular flexibility index (Phi) is 4.85. The highest BCUT2D eigenvalue weighted by molar-refractivity contribution is 6.29. The number of ether oxygens (including phenoxy) is 1. The Balaban J connectivity index is 1.45. The molecule has 42 heavy (non-hydrogen) atoms. The summed E-state index contributed by atoms with van der Waals surface area (Å²) in [4.78, 5) is 0. The van der Waals surface area contributed by atoms with Gasteiger partial charge >= 0.3 is 0 Å². The van der Waals surface area contributed by atoms with E-state index < -0.39 is 0 Å². The van der Waals surface area contributed by atoms with E-state index in [-0.39, 0.29) is 0 Å². The summed E-state index contributed by atoms with van der Waals surface area (Å²) in [5, 5.41) is 7.18. The fourth-order valence-electron chi connectivity index (χ4n) is 6.82. The topological polar surface area (TPSA) is 32.2 Å². The fourth-order valence-corrected chi connectivity index (χ4v) is 6.82. The Morgan fingerprint density at radius 2 is 1.26 bits per heavy atom. The molecule has 0 spiro atoms. The lowest BCUT2D eigenvalue weighted by Crippen LogP contribution is -1.99. The van der Waals surface area contributed by atoms with Crippen molar-refractivity contribution < 1.29 is 9.15 Å². The van der Waals surface area contributed by atoms with Crippen molar-refractivity contribution in [3.63, 3.8) is 0 Å². The second kappa shape index (κ2) is 8.76. The Morgan fingerprint density at radius 3 is 2.10 bits per heavy atom. The van der Waals surface area contributed by atoms with Crippen LogP contribution in [-0.2, 0) is 6.54 Å². The number of rotatable bonds is 4. The summed E-state index contributed by atoms with van der Waals surface area (Å²) in [5.41, 5.74) is 8.90. The molecule has 9 rings (SSSR count). The van der Waals surface area contributed by atoms with Crippen molar-refractivity contribution in [2.45, 2.75) is 6.54 Å². The highest BCUT2D eigenvalue weighted by Crippen LogP contribution is 2.44. The third-order valence-corrected chi connectivity index (χ3v) is 8.68. The molecule has 9 aromatic rings. The van der Waals surface area contributed by atoms with Crippen LogP contribution in [0.1, 0.15) is 5.56 Å². The predicted octanol–water partition coefficient (Wildman–Crippen LogP) is 9.85. The molecule has 6 aromatic carbocycles. The molecule has 0 aliphatic heterocycles. The highest BCUT2D eigenvalue weighted by atomic mass is 16.5. The van der Waals surface area contributed by atoms with Gasteiger partial charge in [0.05, 0.1) is 23.7 Å². The molecule has 200 valence electrons. The van der Waals surface area contributed by atoms with E-state index in [0.717, 1.165) is 45.4 Å². The van der Waals surface area contributed by atoms with Crippen molar-refractivity contribution in [3.05, 3.63) is 133 Å². The van der Waals surface area contributed by atoms with Crippen LogP contribution in [0.15, 0.2) is 132 Å². The number of furan rings is 1. The average Bonchev–Trinajstić information content (AvgIpc) is 3.70. The van der Waals surface area contributed by atoms with Gasteiger partial charge < -0.3 is 18.3 Å². The van der Waals surface area contributed by atoms with E-state index in [0.29, 0.717) is 0 Å². The van der Waals surface area contributed by atoms with Crippen LogP contribution in [0.3, 0.4) is 0 Å². The van der Waals surface area contributed by atoms with Gasteiger partial charge in [-0.25, -0.2) is 0 Å². The highest BCUT2D eigenvalue weighted by Gasteiger charge is 2.23. The van der Waals surface area contributed by atoms with Crippen molar-refractivity contribution in [2.75, 3.05) is 7.11 Å². The molecular formula is C38H26N2O2. The number of aromatic nitrogens is 2. The van der Waals surface area contributed by atoms with Gasteiger partial charge in [0.25, 0.3) is 0 Å². The molecule has 0 atom stereocenters. The number of hydrogen-bond acceptors (Lipinski definition) is 2. The number of hydrogen-bond donors (Lipinski definition) is 0.